The fraction of sp³-hybridized carbons (Fsp3) is 0.250. The molecular formula is C20H18Cl2N4OS. The van der Waals surface area contributed by atoms with Gasteiger partial charge >= 0.3 is 0 Å². The fourth-order valence-corrected chi connectivity index (χ4v) is 4.30. The summed E-state index contributed by atoms with van der Waals surface area (Å²) in [4.78, 5) is 15.9. The van der Waals surface area contributed by atoms with Crippen molar-refractivity contribution in [3.05, 3.63) is 57.9 Å². The third-order valence-electron chi connectivity index (χ3n) is 4.73. The molecule has 1 aliphatic rings. The summed E-state index contributed by atoms with van der Waals surface area (Å²) >= 11 is 13.8. The first-order valence-electron chi connectivity index (χ1n) is 8.98. The number of carbonyl (C=O) groups excluding carboxylic acids is 1. The highest BCUT2D eigenvalue weighted by Gasteiger charge is 2.27. The van der Waals surface area contributed by atoms with E-state index in [0.717, 1.165) is 35.8 Å². The van der Waals surface area contributed by atoms with E-state index in [4.69, 9.17) is 23.2 Å². The van der Waals surface area contributed by atoms with E-state index in [1.807, 2.05) is 29.6 Å². The second-order valence-electron chi connectivity index (χ2n) is 6.65. The number of piperidine rings is 1. The molecule has 1 unspecified atom stereocenters. The lowest BCUT2D eigenvalue weighted by Gasteiger charge is -2.32. The third kappa shape index (κ3) is 4.29. The van der Waals surface area contributed by atoms with Crippen molar-refractivity contribution in [1.29, 1.82) is 0 Å². The van der Waals surface area contributed by atoms with Crippen LogP contribution in [0, 0.1) is 5.92 Å². The molecule has 0 spiro atoms. The first kappa shape index (κ1) is 19.2. The molecule has 1 atom stereocenters. The molecule has 0 saturated carbocycles. The van der Waals surface area contributed by atoms with Gasteiger partial charge in [0.05, 0.1) is 21.5 Å². The summed E-state index contributed by atoms with van der Waals surface area (Å²) in [6.07, 6.45) is 1.73. The van der Waals surface area contributed by atoms with Crippen molar-refractivity contribution in [2.45, 2.75) is 12.8 Å². The summed E-state index contributed by atoms with van der Waals surface area (Å²) in [7, 11) is 0. The second-order valence-corrected chi connectivity index (χ2v) is 8.44. The van der Waals surface area contributed by atoms with Crippen LogP contribution in [0.15, 0.2) is 47.8 Å². The molecule has 3 heterocycles. The Bertz CT molecular complexity index is 963. The zero-order valence-corrected chi connectivity index (χ0v) is 17.3. The molecule has 4 rings (SSSR count). The van der Waals surface area contributed by atoms with E-state index in [0.29, 0.717) is 22.3 Å². The average molecular weight is 433 g/mol. The zero-order valence-electron chi connectivity index (χ0n) is 14.9. The van der Waals surface area contributed by atoms with Gasteiger partial charge in [-0.25, -0.2) is 0 Å². The molecule has 0 aliphatic carbocycles. The topological polar surface area (TPSA) is 58.1 Å². The third-order valence-corrected chi connectivity index (χ3v) is 6.18. The van der Waals surface area contributed by atoms with Crippen LogP contribution in [-0.4, -0.2) is 29.2 Å². The Morgan fingerprint density at radius 1 is 1.18 bits per heavy atom. The van der Waals surface area contributed by atoms with Crippen LogP contribution in [-0.2, 0) is 4.79 Å². The Hall–Kier alpha value is -2.15. The van der Waals surface area contributed by atoms with E-state index < -0.39 is 0 Å². The molecule has 28 heavy (non-hydrogen) atoms. The van der Waals surface area contributed by atoms with Crippen molar-refractivity contribution in [3.8, 4) is 10.6 Å². The summed E-state index contributed by atoms with van der Waals surface area (Å²) in [6, 6.07) is 13.0. The van der Waals surface area contributed by atoms with E-state index >= 15 is 0 Å². The number of anilines is 2. The number of nitrogens with zero attached hydrogens (tertiary/aromatic N) is 3. The van der Waals surface area contributed by atoms with Crippen molar-refractivity contribution >= 4 is 52.0 Å². The van der Waals surface area contributed by atoms with Crippen LogP contribution in [0.5, 0.6) is 0 Å². The lowest BCUT2D eigenvalue weighted by molar-refractivity contribution is -0.120. The Labute approximate surface area is 177 Å². The number of hydrogen-bond donors (Lipinski definition) is 1. The van der Waals surface area contributed by atoms with Crippen molar-refractivity contribution in [1.82, 2.24) is 10.2 Å². The van der Waals surface area contributed by atoms with Gasteiger partial charge < -0.3 is 10.2 Å². The minimum Gasteiger partial charge on any atom is -0.354 e. The predicted molar refractivity (Wildman–Crippen MR) is 115 cm³/mol. The molecular weight excluding hydrogens is 415 g/mol. The van der Waals surface area contributed by atoms with Gasteiger partial charge in [-0.3, -0.25) is 4.79 Å². The molecule has 3 aromatic rings. The number of benzene rings is 1. The summed E-state index contributed by atoms with van der Waals surface area (Å²) < 4.78 is 0. The molecule has 0 radical (unpaired) electrons. The molecule has 1 aromatic carbocycles. The number of carbonyl (C=O) groups is 1. The van der Waals surface area contributed by atoms with Gasteiger partial charge in [-0.05, 0) is 54.6 Å². The van der Waals surface area contributed by atoms with Gasteiger partial charge in [0.2, 0.25) is 5.91 Å². The van der Waals surface area contributed by atoms with Crippen molar-refractivity contribution in [2.75, 3.05) is 23.3 Å². The molecule has 5 nitrogen and oxygen atoms in total. The van der Waals surface area contributed by atoms with E-state index in [9.17, 15) is 4.79 Å². The van der Waals surface area contributed by atoms with Crippen LogP contribution in [0.2, 0.25) is 10.0 Å². The van der Waals surface area contributed by atoms with E-state index in [2.05, 4.69) is 20.4 Å². The highest BCUT2D eigenvalue weighted by Crippen LogP contribution is 2.28. The highest BCUT2D eigenvalue weighted by atomic mass is 35.5. The zero-order chi connectivity index (χ0) is 19.5. The maximum Gasteiger partial charge on any atom is 0.229 e. The van der Waals surface area contributed by atoms with Gasteiger partial charge in [0, 0.05) is 18.1 Å². The van der Waals surface area contributed by atoms with Gasteiger partial charge in [0.1, 0.15) is 5.69 Å². The van der Waals surface area contributed by atoms with Crippen LogP contribution in [0.4, 0.5) is 11.5 Å². The normalized spacial score (nSPS) is 16.8. The number of nitrogens with one attached hydrogen (secondary N) is 1. The average Bonchev–Trinajstić information content (AvgIpc) is 3.26. The van der Waals surface area contributed by atoms with E-state index in [1.54, 1.807) is 29.5 Å². The molecule has 2 aromatic heterocycles. The van der Waals surface area contributed by atoms with E-state index in [1.165, 1.54) is 0 Å². The highest BCUT2D eigenvalue weighted by molar-refractivity contribution is 7.13. The Morgan fingerprint density at radius 3 is 2.82 bits per heavy atom. The van der Waals surface area contributed by atoms with Crippen LogP contribution in [0.1, 0.15) is 12.8 Å². The molecule has 1 amide bonds. The Morgan fingerprint density at radius 2 is 2.07 bits per heavy atom. The maximum atomic E-state index is 12.7. The molecule has 144 valence electrons. The standard InChI is InChI=1S/C20H18Cl2N4OS/c21-14-5-6-15(22)17(11-14)23-20(27)13-3-1-9-26(12-13)19-8-7-16(24-25-19)18-4-2-10-28-18/h2,4-8,10-11,13H,1,3,9,12H2,(H,23,27). The fourth-order valence-electron chi connectivity index (χ4n) is 3.28. The first-order valence-corrected chi connectivity index (χ1v) is 10.6. The van der Waals surface area contributed by atoms with Crippen LogP contribution < -0.4 is 10.2 Å². The number of rotatable bonds is 4. The summed E-state index contributed by atoms with van der Waals surface area (Å²) in [5, 5.41) is 14.6. The lowest BCUT2D eigenvalue weighted by atomic mass is 9.97. The smallest absolute Gasteiger partial charge is 0.229 e. The summed E-state index contributed by atoms with van der Waals surface area (Å²) in [5.41, 5.74) is 1.40. The summed E-state index contributed by atoms with van der Waals surface area (Å²) in [6.45, 7) is 1.45. The monoisotopic (exact) mass is 432 g/mol. The SMILES string of the molecule is O=C(Nc1cc(Cl)ccc1Cl)C1CCCN(c2ccc(-c3cccs3)nn2)C1. The number of amides is 1. The minimum atomic E-state index is -0.150. The predicted octanol–water partition coefficient (Wildman–Crippen LogP) is 5.37. The quantitative estimate of drug-likeness (QED) is 0.601. The van der Waals surface area contributed by atoms with Gasteiger partial charge in [0.15, 0.2) is 5.82 Å². The number of aromatic nitrogens is 2. The lowest BCUT2D eigenvalue weighted by Crippen LogP contribution is -2.41. The number of thiophene rings is 1. The number of halogens is 2. The Balaban J connectivity index is 1.44. The van der Waals surface area contributed by atoms with Gasteiger partial charge in [-0.15, -0.1) is 21.5 Å². The Kier molecular flexibility index (Phi) is 5.80. The van der Waals surface area contributed by atoms with Crippen LogP contribution in [0.25, 0.3) is 10.6 Å². The van der Waals surface area contributed by atoms with Crippen molar-refractivity contribution in [2.24, 2.45) is 5.92 Å². The molecule has 1 aliphatic heterocycles. The largest absolute Gasteiger partial charge is 0.354 e. The number of hydrogen-bond acceptors (Lipinski definition) is 5. The molecule has 8 heteroatoms. The minimum absolute atomic E-state index is 0.0583. The van der Waals surface area contributed by atoms with Crippen LogP contribution >= 0.6 is 34.5 Å². The van der Waals surface area contributed by atoms with E-state index in [-0.39, 0.29) is 11.8 Å². The second kappa shape index (κ2) is 8.47. The van der Waals surface area contributed by atoms with Gasteiger partial charge in [0.25, 0.3) is 0 Å². The molecule has 1 fully saturated rings. The maximum absolute atomic E-state index is 12.7. The molecule has 1 N–H and O–H groups in total. The van der Waals surface area contributed by atoms with Gasteiger partial charge in [-0.2, -0.15) is 0 Å². The van der Waals surface area contributed by atoms with Crippen molar-refractivity contribution in [3.63, 3.8) is 0 Å². The molecule has 1 saturated heterocycles. The summed E-state index contributed by atoms with van der Waals surface area (Å²) in [5.74, 6) is 0.582. The van der Waals surface area contributed by atoms with Gasteiger partial charge in [-0.1, -0.05) is 29.3 Å². The van der Waals surface area contributed by atoms with Crippen LogP contribution in [0.3, 0.4) is 0 Å². The van der Waals surface area contributed by atoms with Crippen molar-refractivity contribution < 1.29 is 4.79 Å². The first-order chi connectivity index (χ1) is 13.6. The molecule has 0 bridgehead atoms.